The molecule has 0 atom stereocenters. The molecule has 2 rings (SSSR count). The summed E-state index contributed by atoms with van der Waals surface area (Å²) in [5.41, 5.74) is 6.59. The molecular weight excluding hydrogens is 558 g/mol. The Morgan fingerprint density at radius 2 is 1.71 bits per heavy atom. The number of hydrogen-bond acceptors (Lipinski definition) is 4. The summed E-state index contributed by atoms with van der Waals surface area (Å²) in [6.45, 7) is 0.155. The lowest BCUT2D eigenvalue weighted by Gasteiger charge is -2.14. The molecule has 2 aromatic rings. The summed E-state index contributed by atoms with van der Waals surface area (Å²) in [5.74, 6) is 0.577. The SMILES string of the molecule is COc1cc(Br)c(CN=C(N)Nc2ccccc2OC(F)(F)F)cc1OC.I. The summed E-state index contributed by atoms with van der Waals surface area (Å²) < 4.78 is 52.5. The summed E-state index contributed by atoms with van der Waals surface area (Å²) >= 11 is 3.40. The summed E-state index contributed by atoms with van der Waals surface area (Å²) in [4.78, 5) is 4.14. The Bertz CT molecular complexity index is 835. The minimum absolute atomic E-state index is 0. The molecule has 0 bridgehead atoms. The van der Waals surface area contributed by atoms with E-state index >= 15 is 0 Å². The molecule has 11 heteroatoms. The third kappa shape index (κ3) is 6.93. The second-order valence-corrected chi connectivity index (χ2v) is 6.02. The maximum atomic E-state index is 12.5. The molecule has 154 valence electrons. The minimum Gasteiger partial charge on any atom is -0.493 e. The lowest BCUT2D eigenvalue weighted by atomic mass is 10.2. The van der Waals surface area contributed by atoms with Gasteiger partial charge in [0.1, 0.15) is 0 Å². The maximum Gasteiger partial charge on any atom is 0.573 e. The van der Waals surface area contributed by atoms with E-state index in [2.05, 4.69) is 31.0 Å². The minimum atomic E-state index is -4.81. The number of alkyl halides is 3. The van der Waals surface area contributed by atoms with Gasteiger partial charge in [-0.25, -0.2) is 4.99 Å². The quantitative estimate of drug-likeness (QED) is 0.291. The Hall–Kier alpha value is -1.89. The first kappa shape index (κ1) is 24.1. The highest BCUT2D eigenvalue weighted by Crippen LogP contribution is 2.34. The summed E-state index contributed by atoms with van der Waals surface area (Å²) in [5, 5.41) is 2.61. The number of hydrogen-bond donors (Lipinski definition) is 2. The topological polar surface area (TPSA) is 78.1 Å². The fourth-order valence-electron chi connectivity index (χ4n) is 2.15. The fraction of sp³-hybridized carbons (Fsp3) is 0.235. The Morgan fingerprint density at radius 1 is 1.11 bits per heavy atom. The number of methoxy groups -OCH3 is 2. The van der Waals surface area contributed by atoms with Gasteiger partial charge in [0, 0.05) is 4.47 Å². The van der Waals surface area contributed by atoms with Gasteiger partial charge in [0.25, 0.3) is 0 Å². The van der Waals surface area contributed by atoms with E-state index in [0.29, 0.717) is 11.5 Å². The van der Waals surface area contributed by atoms with Crippen LogP contribution in [-0.2, 0) is 6.54 Å². The summed E-state index contributed by atoms with van der Waals surface area (Å²) in [6.07, 6.45) is -4.81. The van der Waals surface area contributed by atoms with Crippen LogP contribution in [0.15, 0.2) is 45.9 Å². The predicted octanol–water partition coefficient (Wildman–Crippen LogP) is 4.91. The number of para-hydroxylation sites is 2. The molecule has 0 amide bonds. The highest BCUT2D eigenvalue weighted by molar-refractivity contribution is 14.0. The highest BCUT2D eigenvalue weighted by Gasteiger charge is 2.32. The first-order valence-corrected chi connectivity index (χ1v) is 8.35. The van der Waals surface area contributed by atoms with E-state index in [1.807, 2.05) is 0 Å². The van der Waals surface area contributed by atoms with Gasteiger partial charge >= 0.3 is 6.36 Å². The fourth-order valence-corrected chi connectivity index (χ4v) is 2.60. The Labute approximate surface area is 185 Å². The molecule has 0 aromatic heterocycles. The number of guanidine groups is 1. The van der Waals surface area contributed by atoms with Gasteiger partial charge in [-0.05, 0) is 29.8 Å². The number of halogens is 5. The standard InChI is InChI=1S/C17H17BrF3N3O3.HI/c1-25-14-7-10(11(18)8-15(14)26-2)9-23-16(22)24-12-5-3-4-6-13(12)27-17(19,20)21;/h3-8H,9H2,1-2H3,(H3,22,23,24);1H. The van der Waals surface area contributed by atoms with Gasteiger partial charge in [0.2, 0.25) is 0 Å². The zero-order valence-electron chi connectivity index (χ0n) is 14.8. The molecule has 0 heterocycles. The predicted molar refractivity (Wildman–Crippen MR) is 115 cm³/mol. The third-order valence-electron chi connectivity index (χ3n) is 3.35. The van der Waals surface area contributed by atoms with Crippen LogP contribution in [0.25, 0.3) is 0 Å². The van der Waals surface area contributed by atoms with Gasteiger partial charge in [0.15, 0.2) is 23.2 Å². The molecule has 0 aliphatic heterocycles. The van der Waals surface area contributed by atoms with E-state index in [1.54, 1.807) is 18.2 Å². The van der Waals surface area contributed by atoms with E-state index in [1.165, 1.54) is 32.4 Å². The maximum absolute atomic E-state index is 12.5. The van der Waals surface area contributed by atoms with Crippen molar-refractivity contribution in [3.8, 4) is 17.2 Å². The molecule has 0 unspecified atom stereocenters. The van der Waals surface area contributed by atoms with Gasteiger partial charge in [0.05, 0.1) is 26.5 Å². The molecular formula is C17H18BrF3IN3O3. The lowest BCUT2D eigenvalue weighted by molar-refractivity contribution is -0.274. The molecule has 0 aliphatic carbocycles. The van der Waals surface area contributed by atoms with E-state index in [-0.39, 0.29) is 42.2 Å². The van der Waals surface area contributed by atoms with Crippen LogP contribution >= 0.6 is 39.9 Å². The molecule has 2 aromatic carbocycles. The number of aliphatic imine (C=N–C) groups is 1. The Kier molecular flexibility index (Phi) is 9.14. The van der Waals surface area contributed by atoms with Crippen molar-refractivity contribution in [1.29, 1.82) is 0 Å². The van der Waals surface area contributed by atoms with E-state index in [0.717, 1.165) is 10.0 Å². The van der Waals surface area contributed by atoms with Gasteiger partial charge in [-0.3, -0.25) is 0 Å². The van der Waals surface area contributed by atoms with E-state index in [9.17, 15) is 13.2 Å². The molecule has 0 aliphatic rings. The van der Waals surface area contributed by atoms with Crippen molar-refractivity contribution in [2.24, 2.45) is 10.7 Å². The summed E-state index contributed by atoms with van der Waals surface area (Å²) in [7, 11) is 3.02. The van der Waals surface area contributed by atoms with E-state index in [4.69, 9.17) is 15.2 Å². The molecule has 0 spiro atoms. The van der Waals surface area contributed by atoms with Gasteiger partial charge < -0.3 is 25.3 Å². The zero-order chi connectivity index (χ0) is 20.0. The highest BCUT2D eigenvalue weighted by atomic mass is 127. The van der Waals surface area contributed by atoms with Crippen molar-refractivity contribution < 1.29 is 27.4 Å². The van der Waals surface area contributed by atoms with Crippen LogP contribution in [0.2, 0.25) is 0 Å². The second kappa shape index (κ2) is 10.6. The van der Waals surface area contributed by atoms with Gasteiger partial charge in [-0.15, -0.1) is 37.1 Å². The number of nitrogens with two attached hydrogens (primary N) is 1. The molecule has 6 nitrogen and oxygen atoms in total. The molecule has 0 saturated carbocycles. The van der Waals surface area contributed by atoms with Gasteiger partial charge in [-0.1, -0.05) is 28.1 Å². The third-order valence-corrected chi connectivity index (χ3v) is 4.09. The van der Waals surface area contributed by atoms with Gasteiger partial charge in [-0.2, -0.15) is 0 Å². The first-order valence-electron chi connectivity index (χ1n) is 7.55. The van der Waals surface area contributed by atoms with Crippen LogP contribution in [0.3, 0.4) is 0 Å². The Balaban J connectivity index is 0.00000392. The zero-order valence-corrected chi connectivity index (χ0v) is 18.8. The van der Waals surface area contributed by atoms with Crippen LogP contribution in [0, 0.1) is 0 Å². The van der Waals surface area contributed by atoms with Crippen molar-refractivity contribution in [1.82, 2.24) is 0 Å². The van der Waals surface area contributed by atoms with Crippen LogP contribution in [0.4, 0.5) is 18.9 Å². The normalized spacial score (nSPS) is 11.4. The molecule has 28 heavy (non-hydrogen) atoms. The van der Waals surface area contributed by atoms with Crippen LogP contribution in [0.5, 0.6) is 17.2 Å². The average Bonchev–Trinajstić information content (AvgIpc) is 2.60. The van der Waals surface area contributed by atoms with Crippen LogP contribution in [-0.4, -0.2) is 26.5 Å². The summed E-state index contributed by atoms with van der Waals surface area (Å²) in [6, 6.07) is 8.98. The van der Waals surface area contributed by atoms with Crippen molar-refractivity contribution in [3.63, 3.8) is 0 Å². The molecule has 0 radical (unpaired) electrons. The van der Waals surface area contributed by atoms with Crippen molar-refractivity contribution in [3.05, 3.63) is 46.4 Å². The van der Waals surface area contributed by atoms with Crippen LogP contribution < -0.4 is 25.3 Å². The second-order valence-electron chi connectivity index (χ2n) is 5.17. The van der Waals surface area contributed by atoms with Crippen molar-refractivity contribution in [2.45, 2.75) is 12.9 Å². The Morgan fingerprint density at radius 3 is 2.32 bits per heavy atom. The number of benzene rings is 2. The van der Waals surface area contributed by atoms with Crippen molar-refractivity contribution in [2.75, 3.05) is 19.5 Å². The lowest BCUT2D eigenvalue weighted by Crippen LogP contribution is -2.24. The first-order chi connectivity index (χ1) is 12.7. The average molecular weight is 576 g/mol. The number of anilines is 1. The van der Waals surface area contributed by atoms with E-state index < -0.39 is 12.1 Å². The number of rotatable bonds is 6. The monoisotopic (exact) mass is 575 g/mol. The van der Waals surface area contributed by atoms with Crippen LogP contribution in [0.1, 0.15) is 5.56 Å². The number of nitrogens with zero attached hydrogens (tertiary/aromatic N) is 1. The number of nitrogens with one attached hydrogen (secondary N) is 1. The molecule has 0 saturated heterocycles. The smallest absolute Gasteiger partial charge is 0.493 e. The number of ether oxygens (including phenoxy) is 3. The molecule has 0 fully saturated rings. The van der Waals surface area contributed by atoms with Crippen molar-refractivity contribution >= 4 is 51.6 Å². The largest absolute Gasteiger partial charge is 0.573 e. The molecule has 3 N–H and O–H groups in total.